The van der Waals surface area contributed by atoms with Crippen molar-refractivity contribution < 1.29 is 4.74 Å². The van der Waals surface area contributed by atoms with Crippen LogP contribution in [0.2, 0.25) is 5.02 Å². The molecule has 1 aliphatic heterocycles. The molecule has 1 saturated carbocycles. The highest BCUT2D eigenvalue weighted by atomic mass is 35.5. The summed E-state index contributed by atoms with van der Waals surface area (Å²) in [5.41, 5.74) is 3.67. The molecular formula is C26H28ClNO. The van der Waals surface area contributed by atoms with Gasteiger partial charge in [0.05, 0.1) is 0 Å². The van der Waals surface area contributed by atoms with Gasteiger partial charge in [-0.2, -0.15) is 0 Å². The van der Waals surface area contributed by atoms with Crippen LogP contribution in [0.15, 0.2) is 54.6 Å². The lowest BCUT2D eigenvalue weighted by atomic mass is 9.84. The first-order valence-corrected chi connectivity index (χ1v) is 11.2. The van der Waals surface area contributed by atoms with Crippen LogP contribution < -0.4 is 10.1 Å². The van der Waals surface area contributed by atoms with Crippen LogP contribution in [0.1, 0.15) is 67.8 Å². The first-order valence-electron chi connectivity index (χ1n) is 10.8. The van der Waals surface area contributed by atoms with Crippen LogP contribution >= 0.6 is 11.6 Å². The fourth-order valence-electron chi connectivity index (χ4n) is 5.39. The quantitative estimate of drug-likeness (QED) is 0.494. The number of ether oxygens (including phenoxy) is 1. The third-order valence-electron chi connectivity index (χ3n) is 6.79. The van der Waals surface area contributed by atoms with Crippen LogP contribution in [0.25, 0.3) is 10.8 Å². The highest BCUT2D eigenvalue weighted by molar-refractivity contribution is 6.30. The normalized spacial score (nSPS) is 21.1. The predicted octanol–water partition coefficient (Wildman–Crippen LogP) is 7.29. The summed E-state index contributed by atoms with van der Waals surface area (Å²) in [6.07, 6.45) is 5.82. The molecule has 1 spiro atoms. The van der Waals surface area contributed by atoms with Gasteiger partial charge in [-0.3, -0.25) is 0 Å². The van der Waals surface area contributed by atoms with Gasteiger partial charge in [0.15, 0.2) is 0 Å². The Hall–Kier alpha value is -2.03. The summed E-state index contributed by atoms with van der Waals surface area (Å²) in [6.45, 7) is 4.39. The van der Waals surface area contributed by atoms with Gasteiger partial charge in [-0.05, 0) is 73.6 Å². The second-order valence-electron chi connectivity index (χ2n) is 8.85. The van der Waals surface area contributed by atoms with Gasteiger partial charge in [0.25, 0.3) is 0 Å². The molecule has 0 amide bonds. The average Bonchev–Trinajstić information content (AvgIpc) is 3.16. The number of aryl methyl sites for hydroxylation is 1. The Morgan fingerprint density at radius 2 is 1.83 bits per heavy atom. The van der Waals surface area contributed by atoms with E-state index in [1.807, 2.05) is 6.07 Å². The fourth-order valence-corrected chi connectivity index (χ4v) is 5.67. The Labute approximate surface area is 178 Å². The summed E-state index contributed by atoms with van der Waals surface area (Å²) < 4.78 is 6.66. The lowest BCUT2D eigenvalue weighted by Crippen LogP contribution is -2.43. The molecule has 2 atom stereocenters. The predicted molar refractivity (Wildman–Crippen MR) is 121 cm³/mol. The Morgan fingerprint density at radius 3 is 2.66 bits per heavy atom. The summed E-state index contributed by atoms with van der Waals surface area (Å²) in [7, 11) is 0. The van der Waals surface area contributed by atoms with Gasteiger partial charge in [0, 0.05) is 29.1 Å². The van der Waals surface area contributed by atoms with Gasteiger partial charge in [-0.15, -0.1) is 0 Å². The van der Waals surface area contributed by atoms with Crippen molar-refractivity contribution in [2.75, 3.05) is 0 Å². The maximum Gasteiger partial charge on any atom is 0.127 e. The average molecular weight is 406 g/mol. The molecule has 2 aliphatic rings. The SMILES string of the molecule is Cc1cc(Cl)cc2c1OC1(CCCC1)CC2NC(C)c1cccc2ccccc12. The maximum atomic E-state index is 6.66. The molecule has 2 nitrogen and oxygen atoms in total. The van der Waals surface area contributed by atoms with E-state index in [0.29, 0.717) is 0 Å². The van der Waals surface area contributed by atoms with Crippen LogP contribution in [-0.2, 0) is 0 Å². The third-order valence-corrected chi connectivity index (χ3v) is 7.01. The van der Waals surface area contributed by atoms with Crippen molar-refractivity contribution in [1.82, 2.24) is 5.32 Å². The highest BCUT2D eigenvalue weighted by Crippen LogP contribution is 2.49. The first-order chi connectivity index (χ1) is 14.0. The largest absolute Gasteiger partial charge is 0.487 e. The maximum absolute atomic E-state index is 6.66. The number of fused-ring (bicyclic) bond motifs is 2. The molecule has 1 fully saturated rings. The Morgan fingerprint density at radius 1 is 1.07 bits per heavy atom. The molecule has 0 bridgehead atoms. The molecule has 0 radical (unpaired) electrons. The van der Waals surface area contributed by atoms with Gasteiger partial charge < -0.3 is 10.1 Å². The van der Waals surface area contributed by atoms with Crippen molar-refractivity contribution in [3.05, 3.63) is 76.3 Å². The second kappa shape index (κ2) is 7.34. The number of rotatable bonds is 3. The second-order valence-corrected chi connectivity index (χ2v) is 9.28. The van der Waals surface area contributed by atoms with Gasteiger partial charge in [0.1, 0.15) is 11.4 Å². The molecule has 1 N–H and O–H groups in total. The standard InChI is InChI=1S/C26H28ClNO/c1-17-14-20(27)15-23-24(16-26(29-25(17)23)12-5-6-13-26)28-18(2)21-11-7-9-19-8-3-4-10-22(19)21/h3-4,7-11,14-15,18,24,28H,5-6,12-13,16H2,1-2H3. The molecule has 1 aliphatic carbocycles. The van der Waals surface area contributed by atoms with E-state index in [2.05, 4.69) is 67.7 Å². The van der Waals surface area contributed by atoms with Crippen molar-refractivity contribution >= 4 is 22.4 Å². The number of halogens is 1. The number of benzene rings is 3. The molecule has 150 valence electrons. The molecular weight excluding hydrogens is 378 g/mol. The van der Waals surface area contributed by atoms with Crippen molar-refractivity contribution in [3.8, 4) is 5.75 Å². The monoisotopic (exact) mass is 405 g/mol. The number of nitrogens with one attached hydrogen (secondary N) is 1. The van der Waals surface area contributed by atoms with Crippen LogP contribution in [-0.4, -0.2) is 5.60 Å². The molecule has 2 unspecified atom stereocenters. The Kier molecular flexibility index (Phi) is 4.80. The van der Waals surface area contributed by atoms with E-state index in [9.17, 15) is 0 Å². The van der Waals surface area contributed by atoms with Gasteiger partial charge in [-0.1, -0.05) is 54.1 Å². The molecule has 3 aromatic rings. The zero-order chi connectivity index (χ0) is 20.0. The van der Waals surface area contributed by atoms with Gasteiger partial charge in [-0.25, -0.2) is 0 Å². The molecule has 0 aromatic heterocycles. The molecule has 29 heavy (non-hydrogen) atoms. The summed E-state index contributed by atoms with van der Waals surface area (Å²) in [4.78, 5) is 0. The minimum absolute atomic E-state index is 0.0261. The van der Waals surface area contributed by atoms with Gasteiger partial charge in [0.2, 0.25) is 0 Å². The zero-order valence-corrected chi connectivity index (χ0v) is 17.9. The van der Waals surface area contributed by atoms with Crippen molar-refractivity contribution in [1.29, 1.82) is 0 Å². The van der Waals surface area contributed by atoms with Crippen LogP contribution in [0.4, 0.5) is 0 Å². The number of hydrogen-bond acceptors (Lipinski definition) is 2. The molecule has 3 heteroatoms. The third kappa shape index (κ3) is 3.43. The summed E-state index contributed by atoms with van der Waals surface area (Å²) in [5.74, 6) is 1.05. The van der Waals surface area contributed by atoms with Crippen molar-refractivity contribution in [2.24, 2.45) is 0 Å². The van der Waals surface area contributed by atoms with E-state index in [-0.39, 0.29) is 17.7 Å². The van der Waals surface area contributed by atoms with Crippen LogP contribution in [0.5, 0.6) is 5.75 Å². The van der Waals surface area contributed by atoms with Crippen molar-refractivity contribution in [2.45, 2.75) is 63.6 Å². The van der Waals surface area contributed by atoms with E-state index in [0.717, 1.165) is 35.6 Å². The minimum atomic E-state index is -0.0261. The fraction of sp³-hybridized carbons (Fsp3) is 0.385. The summed E-state index contributed by atoms with van der Waals surface area (Å²) in [6, 6.07) is 19.8. The van der Waals surface area contributed by atoms with E-state index in [4.69, 9.17) is 16.3 Å². The Balaban J connectivity index is 1.53. The Bertz CT molecular complexity index is 1050. The van der Waals surface area contributed by atoms with Crippen molar-refractivity contribution in [3.63, 3.8) is 0 Å². The summed E-state index contributed by atoms with van der Waals surface area (Å²) >= 11 is 6.45. The van der Waals surface area contributed by atoms with E-state index >= 15 is 0 Å². The smallest absolute Gasteiger partial charge is 0.127 e. The lowest BCUT2D eigenvalue weighted by Gasteiger charge is -2.42. The lowest BCUT2D eigenvalue weighted by molar-refractivity contribution is 0.0343. The highest BCUT2D eigenvalue weighted by Gasteiger charge is 2.44. The van der Waals surface area contributed by atoms with Crippen LogP contribution in [0.3, 0.4) is 0 Å². The minimum Gasteiger partial charge on any atom is -0.487 e. The number of hydrogen-bond donors (Lipinski definition) is 1. The summed E-state index contributed by atoms with van der Waals surface area (Å²) in [5, 5.41) is 7.35. The zero-order valence-electron chi connectivity index (χ0n) is 17.2. The first kappa shape index (κ1) is 19.0. The molecule has 3 aromatic carbocycles. The van der Waals surface area contributed by atoms with Crippen LogP contribution in [0, 0.1) is 6.92 Å². The topological polar surface area (TPSA) is 21.3 Å². The van der Waals surface area contributed by atoms with E-state index in [1.165, 1.54) is 34.7 Å². The van der Waals surface area contributed by atoms with E-state index < -0.39 is 0 Å². The van der Waals surface area contributed by atoms with E-state index in [1.54, 1.807) is 0 Å². The van der Waals surface area contributed by atoms with Gasteiger partial charge >= 0.3 is 0 Å². The molecule has 0 saturated heterocycles. The molecule has 1 heterocycles. The molecule has 5 rings (SSSR count).